The molecular weight excluding hydrogens is 398 g/mol. The van der Waals surface area contributed by atoms with Crippen molar-refractivity contribution in [2.24, 2.45) is 29.1 Å². The van der Waals surface area contributed by atoms with Gasteiger partial charge in [-0.25, -0.2) is 0 Å². The fraction of sp³-hybridized carbons (Fsp3) is 0.857. The van der Waals surface area contributed by atoms with E-state index in [2.05, 4.69) is 44.7 Å². The summed E-state index contributed by atoms with van der Waals surface area (Å²) < 4.78 is 5.80. The Morgan fingerprint density at radius 3 is 2.59 bits per heavy atom. The Kier molecular flexibility index (Phi) is 7.86. The molecule has 1 aliphatic heterocycles. The maximum absolute atomic E-state index is 10.0. The molecule has 0 bridgehead atoms. The lowest BCUT2D eigenvalue weighted by atomic mass is 9.61. The fourth-order valence-corrected chi connectivity index (χ4v) is 7.74. The summed E-state index contributed by atoms with van der Waals surface area (Å²) in [6.45, 7) is 13.8. The summed E-state index contributed by atoms with van der Waals surface area (Å²) in [5.74, 6) is 2.84. The van der Waals surface area contributed by atoms with Crippen LogP contribution in [-0.4, -0.2) is 59.7 Å². The van der Waals surface area contributed by atoms with E-state index in [1.807, 2.05) is 0 Å². The van der Waals surface area contributed by atoms with Gasteiger partial charge in [-0.05, 0) is 80.5 Å². The molecule has 4 rings (SSSR count). The van der Waals surface area contributed by atoms with Gasteiger partial charge in [0.05, 0.1) is 25.4 Å². The maximum Gasteiger partial charge on any atom is 0.0624 e. The molecule has 1 saturated heterocycles. The number of rotatable bonds is 5. The number of hydrogen-bond donors (Lipinski definition) is 2. The van der Waals surface area contributed by atoms with Gasteiger partial charge in [0.2, 0.25) is 0 Å². The van der Waals surface area contributed by atoms with Crippen LogP contribution >= 0.6 is 0 Å². The van der Waals surface area contributed by atoms with Crippen molar-refractivity contribution in [1.82, 2.24) is 4.90 Å². The molecule has 0 aromatic carbocycles. The predicted molar refractivity (Wildman–Crippen MR) is 130 cm³/mol. The third kappa shape index (κ3) is 5.19. The first kappa shape index (κ1) is 24.4. The Morgan fingerprint density at radius 1 is 1.12 bits per heavy atom. The summed E-state index contributed by atoms with van der Waals surface area (Å²) in [5.41, 5.74) is 3.25. The van der Waals surface area contributed by atoms with Gasteiger partial charge in [-0.3, -0.25) is 4.90 Å². The van der Waals surface area contributed by atoms with E-state index in [1.54, 1.807) is 5.57 Å². The Morgan fingerprint density at radius 2 is 1.88 bits per heavy atom. The smallest absolute Gasteiger partial charge is 0.0624 e. The highest BCUT2D eigenvalue weighted by molar-refractivity contribution is 5.26. The molecule has 2 N–H and O–H groups in total. The molecule has 4 aliphatic rings. The molecule has 4 fully saturated rings. The van der Waals surface area contributed by atoms with Crippen LogP contribution in [0.1, 0.15) is 79.1 Å². The number of aliphatic hydroxyl groups excluding tert-OH is 2. The topological polar surface area (TPSA) is 52.9 Å². The summed E-state index contributed by atoms with van der Waals surface area (Å²) in [4.78, 5) is 2.72. The van der Waals surface area contributed by atoms with Gasteiger partial charge in [-0.1, -0.05) is 51.0 Å². The molecule has 32 heavy (non-hydrogen) atoms. The van der Waals surface area contributed by atoms with Crippen molar-refractivity contribution in [3.05, 3.63) is 23.3 Å². The zero-order valence-electron chi connectivity index (χ0n) is 20.9. The van der Waals surface area contributed by atoms with Crippen molar-refractivity contribution in [3.63, 3.8) is 0 Å². The number of aliphatic hydroxyl groups is 2. The van der Waals surface area contributed by atoms with Crippen LogP contribution in [0.2, 0.25) is 0 Å². The molecule has 0 amide bonds. The largest absolute Gasteiger partial charge is 0.393 e. The van der Waals surface area contributed by atoms with Crippen LogP contribution in [0.3, 0.4) is 0 Å². The molecule has 0 radical (unpaired) electrons. The van der Waals surface area contributed by atoms with Crippen molar-refractivity contribution < 1.29 is 14.9 Å². The third-order valence-electron chi connectivity index (χ3n) is 9.37. The average Bonchev–Trinajstić information content (AvgIpc) is 3.09. The number of nitrogens with zero attached hydrogens (tertiary/aromatic N) is 1. The molecular formula is C28H47NO3. The zero-order chi connectivity index (χ0) is 22.9. The van der Waals surface area contributed by atoms with Gasteiger partial charge in [0.25, 0.3) is 0 Å². The monoisotopic (exact) mass is 445 g/mol. The van der Waals surface area contributed by atoms with Crippen LogP contribution in [-0.2, 0) is 4.74 Å². The zero-order valence-corrected chi connectivity index (χ0v) is 20.9. The van der Waals surface area contributed by atoms with Crippen LogP contribution in [0.15, 0.2) is 23.3 Å². The minimum absolute atomic E-state index is 0.383. The maximum atomic E-state index is 10.0. The lowest BCUT2D eigenvalue weighted by molar-refractivity contribution is -0.0389. The second-order valence-corrected chi connectivity index (χ2v) is 12.0. The molecule has 4 heteroatoms. The number of hydrogen-bond acceptors (Lipinski definition) is 4. The van der Waals surface area contributed by atoms with Crippen molar-refractivity contribution in [2.45, 2.75) is 97.3 Å². The van der Waals surface area contributed by atoms with Crippen molar-refractivity contribution in [1.29, 1.82) is 0 Å². The lowest BCUT2D eigenvalue weighted by Gasteiger charge is -2.46. The van der Waals surface area contributed by atoms with Gasteiger partial charge in [0.1, 0.15) is 0 Å². The first-order valence-electron chi connectivity index (χ1n) is 13.3. The highest BCUT2D eigenvalue weighted by Gasteiger charge is 2.51. The minimum Gasteiger partial charge on any atom is -0.393 e. The molecule has 3 saturated carbocycles. The van der Waals surface area contributed by atoms with E-state index in [-0.39, 0.29) is 12.2 Å². The Hall–Kier alpha value is -0.680. The summed E-state index contributed by atoms with van der Waals surface area (Å²) >= 11 is 0. The normalized spacial score (nSPS) is 41.2. The molecule has 4 nitrogen and oxygen atoms in total. The molecule has 3 aliphatic carbocycles. The van der Waals surface area contributed by atoms with Crippen LogP contribution in [0.25, 0.3) is 0 Å². The lowest BCUT2D eigenvalue weighted by Crippen LogP contribution is -2.51. The van der Waals surface area contributed by atoms with Crippen LogP contribution < -0.4 is 0 Å². The SMILES string of the molecule is CC(C)[C@@H]1COCCN1C[C@@H](C)[C@H]1CC[C@H]2/C(=C/C=C3C[C@@H](O)C[C@H](O)C3)CCC[C@]12C. The van der Waals surface area contributed by atoms with E-state index in [0.29, 0.717) is 35.6 Å². The summed E-state index contributed by atoms with van der Waals surface area (Å²) in [5, 5.41) is 20.1. The summed E-state index contributed by atoms with van der Waals surface area (Å²) in [6.07, 6.45) is 12.4. The number of allylic oxidation sites excluding steroid dienone is 3. The summed E-state index contributed by atoms with van der Waals surface area (Å²) in [6, 6.07) is 0.561. The number of ether oxygens (including phenoxy) is 1. The van der Waals surface area contributed by atoms with Crippen LogP contribution in [0, 0.1) is 29.1 Å². The number of fused-ring (bicyclic) bond motifs is 1. The van der Waals surface area contributed by atoms with Gasteiger partial charge in [-0.15, -0.1) is 0 Å². The van der Waals surface area contributed by atoms with Crippen molar-refractivity contribution in [2.75, 3.05) is 26.3 Å². The molecule has 182 valence electrons. The molecule has 0 aromatic heterocycles. The Bertz CT molecular complexity index is 689. The Balaban J connectivity index is 1.45. The van der Waals surface area contributed by atoms with Crippen molar-refractivity contribution >= 4 is 0 Å². The second kappa shape index (κ2) is 10.3. The van der Waals surface area contributed by atoms with Gasteiger partial charge >= 0.3 is 0 Å². The predicted octanol–water partition coefficient (Wildman–Crippen LogP) is 4.95. The van der Waals surface area contributed by atoms with Gasteiger partial charge in [0, 0.05) is 19.1 Å². The molecule has 0 aromatic rings. The standard InChI is InChI=1S/C28H47NO3/c1-19(2)27-18-32-13-12-29(27)17-20(3)25-9-10-26-22(6-5-11-28(25,26)4)8-7-21-14-23(30)16-24(31)15-21/h7-8,19-20,23-27,30-31H,5-6,9-18H2,1-4H3/b22-8+/t20-,23-,24-,25-,26+,27+,28-/m1/s1. The van der Waals surface area contributed by atoms with E-state index in [0.717, 1.165) is 38.5 Å². The van der Waals surface area contributed by atoms with E-state index >= 15 is 0 Å². The van der Waals surface area contributed by atoms with Crippen LogP contribution in [0.5, 0.6) is 0 Å². The van der Waals surface area contributed by atoms with Gasteiger partial charge < -0.3 is 14.9 Å². The van der Waals surface area contributed by atoms with E-state index < -0.39 is 0 Å². The summed E-state index contributed by atoms with van der Waals surface area (Å²) in [7, 11) is 0. The first-order valence-corrected chi connectivity index (χ1v) is 13.3. The van der Waals surface area contributed by atoms with Crippen LogP contribution in [0.4, 0.5) is 0 Å². The minimum atomic E-state index is -0.383. The van der Waals surface area contributed by atoms with Gasteiger partial charge in [-0.2, -0.15) is 0 Å². The quantitative estimate of drug-likeness (QED) is 0.628. The molecule has 7 atom stereocenters. The highest BCUT2D eigenvalue weighted by Crippen LogP contribution is 2.59. The van der Waals surface area contributed by atoms with E-state index in [1.165, 1.54) is 44.2 Å². The Labute approximate surface area is 196 Å². The third-order valence-corrected chi connectivity index (χ3v) is 9.37. The first-order chi connectivity index (χ1) is 15.3. The van der Waals surface area contributed by atoms with Crippen molar-refractivity contribution in [3.8, 4) is 0 Å². The fourth-order valence-electron chi connectivity index (χ4n) is 7.74. The van der Waals surface area contributed by atoms with Gasteiger partial charge in [0.15, 0.2) is 0 Å². The molecule has 0 spiro atoms. The van der Waals surface area contributed by atoms with E-state index in [4.69, 9.17) is 4.74 Å². The molecule has 1 heterocycles. The number of morpholine rings is 1. The molecule has 0 unspecified atom stereocenters. The average molecular weight is 446 g/mol. The highest BCUT2D eigenvalue weighted by atomic mass is 16.5. The second-order valence-electron chi connectivity index (χ2n) is 12.0. The van der Waals surface area contributed by atoms with E-state index in [9.17, 15) is 10.2 Å².